The summed E-state index contributed by atoms with van der Waals surface area (Å²) in [6, 6.07) is 9.65. The number of pyridine rings is 1. The first-order valence-electron chi connectivity index (χ1n) is 4.19. The van der Waals surface area contributed by atoms with E-state index >= 15 is 0 Å². The minimum Gasteiger partial charge on any atom is -0.261 e. The van der Waals surface area contributed by atoms with E-state index in [-0.39, 0.29) is 0 Å². The van der Waals surface area contributed by atoms with Gasteiger partial charge in [0.1, 0.15) is 5.82 Å². The minimum absolute atomic E-state index is 0.750. The molecule has 0 fully saturated rings. The van der Waals surface area contributed by atoms with Gasteiger partial charge in [-0.1, -0.05) is 12.1 Å². The standard InChI is InChI=1S/C10H9N3S/c1-2-6-11-10(5-1)13-12-8-9-4-3-7-14-9/h1-8H,(H,11,13). The van der Waals surface area contributed by atoms with Crippen LogP contribution in [0.3, 0.4) is 0 Å². The summed E-state index contributed by atoms with van der Waals surface area (Å²) in [5.41, 5.74) is 2.85. The third kappa shape index (κ3) is 2.40. The molecule has 1 N–H and O–H groups in total. The molecule has 0 aromatic carbocycles. The van der Waals surface area contributed by atoms with Gasteiger partial charge in [-0.15, -0.1) is 11.3 Å². The van der Waals surface area contributed by atoms with Crippen molar-refractivity contribution in [1.29, 1.82) is 0 Å². The quantitative estimate of drug-likeness (QED) is 0.615. The summed E-state index contributed by atoms with van der Waals surface area (Å²) in [4.78, 5) is 5.20. The highest BCUT2D eigenvalue weighted by molar-refractivity contribution is 7.11. The summed E-state index contributed by atoms with van der Waals surface area (Å²) in [6.45, 7) is 0. The molecule has 0 amide bonds. The van der Waals surface area contributed by atoms with E-state index in [1.54, 1.807) is 23.7 Å². The van der Waals surface area contributed by atoms with Gasteiger partial charge in [0.2, 0.25) is 0 Å². The normalized spacial score (nSPS) is 10.6. The monoisotopic (exact) mass is 203 g/mol. The number of hydrazone groups is 1. The first kappa shape index (κ1) is 8.90. The molecule has 0 atom stereocenters. The fourth-order valence-corrected chi connectivity index (χ4v) is 1.54. The summed E-state index contributed by atoms with van der Waals surface area (Å²) in [6.07, 6.45) is 3.50. The molecule has 0 bridgehead atoms. The molecular weight excluding hydrogens is 194 g/mol. The van der Waals surface area contributed by atoms with Gasteiger partial charge in [0.05, 0.1) is 6.21 Å². The second-order valence-corrected chi connectivity index (χ2v) is 3.58. The maximum absolute atomic E-state index is 4.08. The van der Waals surface area contributed by atoms with Crippen LogP contribution in [0.1, 0.15) is 4.88 Å². The number of rotatable bonds is 3. The van der Waals surface area contributed by atoms with E-state index in [0.29, 0.717) is 0 Å². The van der Waals surface area contributed by atoms with E-state index in [4.69, 9.17) is 0 Å². The first-order chi connectivity index (χ1) is 6.95. The maximum atomic E-state index is 4.08. The Morgan fingerprint density at radius 3 is 3.00 bits per heavy atom. The Labute approximate surface area is 86.1 Å². The van der Waals surface area contributed by atoms with E-state index in [0.717, 1.165) is 10.7 Å². The average Bonchev–Trinajstić information content (AvgIpc) is 2.72. The summed E-state index contributed by atoms with van der Waals surface area (Å²) in [7, 11) is 0. The molecule has 0 radical (unpaired) electrons. The Hall–Kier alpha value is -1.68. The molecule has 0 saturated heterocycles. The SMILES string of the molecule is C(=NNc1ccccn1)c1cccs1. The van der Waals surface area contributed by atoms with Gasteiger partial charge in [-0.3, -0.25) is 5.43 Å². The Morgan fingerprint density at radius 1 is 1.29 bits per heavy atom. The highest BCUT2D eigenvalue weighted by Gasteiger charge is 1.87. The number of anilines is 1. The van der Waals surface area contributed by atoms with Gasteiger partial charge in [0.15, 0.2) is 0 Å². The maximum Gasteiger partial charge on any atom is 0.146 e. The van der Waals surface area contributed by atoms with Crippen molar-refractivity contribution in [3.63, 3.8) is 0 Å². The van der Waals surface area contributed by atoms with Crippen LogP contribution in [0.4, 0.5) is 5.82 Å². The number of nitrogens with zero attached hydrogens (tertiary/aromatic N) is 2. The van der Waals surface area contributed by atoms with Crippen LogP contribution in [-0.4, -0.2) is 11.2 Å². The van der Waals surface area contributed by atoms with Crippen molar-refractivity contribution in [3.8, 4) is 0 Å². The van der Waals surface area contributed by atoms with Crippen LogP contribution in [0.15, 0.2) is 47.0 Å². The van der Waals surface area contributed by atoms with Crippen LogP contribution >= 0.6 is 11.3 Å². The third-order valence-electron chi connectivity index (χ3n) is 1.58. The van der Waals surface area contributed by atoms with Gasteiger partial charge in [0.25, 0.3) is 0 Å². The predicted molar refractivity (Wildman–Crippen MR) is 59.8 cm³/mol. The van der Waals surface area contributed by atoms with Gasteiger partial charge >= 0.3 is 0 Å². The summed E-state index contributed by atoms with van der Waals surface area (Å²) in [5, 5.41) is 6.07. The van der Waals surface area contributed by atoms with Crippen LogP contribution in [0, 0.1) is 0 Å². The molecule has 0 aliphatic carbocycles. The fourth-order valence-electron chi connectivity index (χ4n) is 0.956. The fraction of sp³-hybridized carbons (Fsp3) is 0. The molecule has 0 aliphatic rings. The summed E-state index contributed by atoms with van der Waals surface area (Å²) in [5.74, 6) is 0.750. The van der Waals surface area contributed by atoms with Crippen LogP contribution in [0.2, 0.25) is 0 Å². The van der Waals surface area contributed by atoms with Gasteiger partial charge in [-0.25, -0.2) is 4.98 Å². The molecule has 0 aliphatic heterocycles. The molecule has 4 heteroatoms. The average molecular weight is 203 g/mol. The number of hydrogen-bond donors (Lipinski definition) is 1. The van der Waals surface area contributed by atoms with Crippen molar-refractivity contribution in [1.82, 2.24) is 4.98 Å². The van der Waals surface area contributed by atoms with Crippen molar-refractivity contribution < 1.29 is 0 Å². The lowest BCUT2D eigenvalue weighted by atomic mass is 10.5. The van der Waals surface area contributed by atoms with Gasteiger partial charge in [-0.05, 0) is 23.6 Å². The Balaban J connectivity index is 1.95. The molecule has 70 valence electrons. The molecule has 14 heavy (non-hydrogen) atoms. The number of aromatic nitrogens is 1. The lowest BCUT2D eigenvalue weighted by Crippen LogP contribution is -1.91. The highest BCUT2D eigenvalue weighted by Crippen LogP contribution is 2.05. The molecule has 3 nitrogen and oxygen atoms in total. The van der Waals surface area contributed by atoms with Crippen molar-refractivity contribution in [2.24, 2.45) is 5.10 Å². The molecule has 2 heterocycles. The van der Waals surface area contributed by atoms with E-state index in [1.807, 2.05) is 35.7 Å². The zero-order chi connectivity index (χ0) is 9.64. The molecule has 0 spiro atoms. The first-order valence-corrected chi connectivity index (χ1v) is 5.07. The van der Waals surface area contributed by atoms with Crippen LogP contribution in [-0.2, 0) is 0 Å². The smallest absolute Gasteiger partial charge is 0.146 e. The molecule has 2 aromatic rings. The van der Waals surface area contributed by atoms with Crippen molar-refractivity contribution in [2.45, 2.75) is 0 Å². The van der Waals surface area contributed by atoms with E-state index in [9.17, 15) is 0 Å². The molecule has 2 rings (SSSR count). The van der Waals surface area contributed by atoms with Crippen LogP contribution in [0.5, 0.6) is 0 Å². The lowest BCUT2D eigenvalue weighted by Gasteiger charge is -1.95. The second kappa shape index (κ2) is 4.53. The molecule has 2 aromatic heterocycles. The highest BCUT2D eigenvalue weighted by atomic mass is 32.1. The predicted octanol–water partition coefficient (Wildman–Crippen LogP) is 2.59. The Kier molecular flexibility index (Phi) is 2.88. The van der Waals surface area contributed by atoms with E-state index in [2.05, 4.69) is 15.5 Å². The van der Waals surface area contributed by atoms with E-state index < -0.39 is 0 Å². The number of thiophene rings is 1. The topological polar surface area (TPSA) is 37.3 Å². The zero-order valence-electron chi connectivity index (χ0n) is 7.42. The summed E-state index contributed by atoms with van der Waals surface area (Å²) >= 11 is 1.65. The third-order valence-corrected chi connectivity index (χ3v) is 2.39. The lowest BCUT2D eigenvalue weighted by molar-refractivity contribution is 1.23. The van der Waals surface area contributed by atoms with E-state index in [1.165, 1.54) is 0 Å². The van der Waals surface area contributed by atoms with Gasteiger partial charge in [-0.2, -0.15) is 5.10 Å². The van der Waals surface area contributed by atoms with Gasteiger partial charge < -0.3 is 0 Å². The second-order valence-electron chi connectivity index (χ2n) is 2.60. The van der Waals surface area contributed by atoms with Gasteiger partial charge in [0, 0.05) is 11.1 Å². The zero-order valence-corrected chi connectivity index (χ0v) is 8.24. The van der Waals surface area contributed by atoms with Crippen molar-refractivity contribution in [2.75, 3.05) is 5.43 Å². The Morgan fingerprint density at radius 2 is 2.29 bits per heavy atom. The van der Waals surface area contributed by atoms with Crippen LogP contribution in [0.25, 0.3) is 0 Å². The minimum atomic E-state index is 0.750. The summed E-state index contributed by atoms with van der Waals surface area (Å²) < 4.78 is 0. The van der Waals surface area contributed by atoms with Crippen LogP contribution < -0.4 is 5.43 Å². The number of nitrogens with one attached hydrogen (secondary N) is 1. The molecule has 0 unspecified atom stereocenters. The number of hydrogen-bond acceptors (Lipinski definition) is 4. The molecule has 0 saturated carbocycles. The van der Waals surface area contributed by atoms with Crippen molar-refractivity contribution >= 4 is 23.4 Å². The Bertz CT molecular complexity index is 395. The molecular formula is C10H9N3S. The largest absolute Gasteiger partial charge is 0.261 e. The van der Waals surface area contributed by atoms with Crippen molar-refractivity contribution in [3.05, 3.63) is 46.8 Å².